The van der Waals surface area contributed by atoms with Crippen molar-refractivity contribution in [1.29, 1.82) is 0 Å². The lowest BCUT2D eigenvalue weighted by Gasteiger charge is -2.15. The first-order valence-corrected chi connectivity index (χ1v) is 8.61. The van der Waals surface area contributed by atoms with Gasteiger partial charge in [0.1, 0.15) is 0 Å². The van der Waals surface area contributed by atoms with Gasteiger partial charge in [-0.1, -0.05) is 35.9 Å². The SMILES string of the molecule is Cc1ccc(N)c(C(/C=C/c2cccs2)c2cccs2)c1. The number of thiophene rings is 2. The fourth-order valence-corrected chi connectivity index (χ4v) is 3.81. The molecule has 0 radical (unpaired) electrons. The minimum atomic E-state index is 0.215. The van der Waals surface area contributed by atoms with Gasteiger partial charge in [-0.25, -0.2) is 0 Å². The molecule has 1 unspecified atom stereocenters. The molecule has 3 aromatic rings. The molecule has 3 heteroatoms. The lowest BCUT2D eigenvalue weighted by atomic mass is 9.93. The molecule has 2 heterocycles. The Morgan fingerprint density at radius 2 is 1.86 bits per heavy atom. The Labute approximate surface area is 133 Å². The highest BCUT2D eigenvalue weighted by molar-refractivity contribution is 7.11. The Balaban J connectivity index is 2.02. The zero-order valence-electron chi connectivity index (χ0n) is 11.8. The maximum atomic E-state index is 6.22. The summed E-state index contributed by atoms with van der Waals surface area (Å²) in [6, 6.07) is 14.7. The quantitative estimate of drug-likeness (QED) is 0.628. The summed E-state index contributed by atoms with van der Waals surface area (Å²) < 4.78 is 0. The third-order valence-corrected chi connectivity index (χ3v) is 5.22. The van der Waals surface area contributed by atoms with Crippen LogP contribution < -0.4 is 5.73 Å². The van der Waals surface area contributed by atoms with Gasteiger partial charge in [0.05, 0.1) is 0 Å². The van der Waals surface area contributed by atoms with Crippen molar-refractivity contribution in [1.82, 2.24) is 0 Å². The third kappa shape index (κ3) is 3.26. The first kappa shape index (κ1) is 14.1. The summed E-state index contributed by atoms with van der Waals surface area (Å²) in [6.45, 7) is 2.11. The van der Waals surface area contributed by atoms with Crippen molar-refractivity contribution in [3.05, 3.63) is 80.2 Å². The molecule has 106 valence electrons. The van der Waals surface area contributed by atoms with Crippen LogP contribution in [0.5, 0.6) is 0 Å². The Kier molecular flexibility index (Phi) is 4.23. The van der Waals surface area contributed by atoms with Crippen molar-refractivity contribution in [3.8, 4) is 0 Å². The van der Waals surface area contributed by atoms with Crippen molar-refractivity contribution >= 4 is 34.4 Å². The van der Waals surface area contributed by atoms with Crippen molar-refractivity contribution in [2.45, 2.75) is 12.8 Å². The molecule has 0 fully saturated rings. The second-order valence-corrected chi connectivity index (χ2v) is 6.96. The summed E-state index contributed by atoms with van der Waals surface area (Å²) in [7, 11) is 0. The topological polar surface area (TPSA) is 26.0 Å². The molecule has 1 atom stereocenters. The van der Waals surface area contributed by atoms with Crippen LogP contribution in [0, 0.1) is 6.92 Å². The van der Waals surface area contributed by atoms with Crippen LogP contribution >= 0.6 is 22.7 Å². The maximum Gasteiger partial charge on any atom is 0.0387 e. The minimum Gasteiger partial charge on any atom is -0.398 e. The number of allylic oxidation sites excluding steroid dienone is 1. The number of nitrogen functional groups attached to an aromatic ring is 1. The van der Waals surface area contributed by atoms with E-state index >= 15 is 0 Å². The van der Waals surface area contributed by atoms with E-state index in [9.17, 15) is 0 Å². The van der Waals surface area contributed by atoms with Gasteiger partial charge >= 0.3 is 0 Å². The third-order valence-electron chi connectivity index (χ3n) is 3.42. The van der Waals surface area contributed by atoms with Gasteiger partial charge in [0.25, 0.3) is 0 Å². The first-order valence-electron chi connectivity index (χ1n) is 6.85. The molecule has 0 bridgehead atoms. The molecule has 0 aliphatic heterocycles. The summed E-state index contributed by atoms with van der Waals surface area (Å²) in [4.78, 5) is 2.59. The van der Waals surface area contributed by atoms with Gasteiger partial charge in [-0.3, -0.25) is 0 Å². The van der Waals surface area contributed by atoms with E-state index in [1.165, 1.54) is 20.9 Å². The smallest absolute Gasteiger partial charge is 0.0387 e. The maximum absolute atomic E-state index is 6.22. The van der Waals surface area contributed by atoms with Crippen molar-refractivity contribution in [2.75, 3.05) is 5.73 Å². The van der Waals surface area contributed by atoms with Crippen molar-refractivity contribution in [3.63, 3.8) is 0 Å². The monoisotopic (exact) mass is 311 g/mol. The zero-order valence-corrected chi connectivity index (χ0v) is 13.5. The predicted octanol–water partition coefficient (Wildman–Crippen LogP) is 5.55. The average Bonchev–Trinajstić information content (AvgIpc) is 3.16. The largest absolute Gasteiger partial charge is 0.398 e. The Morgan fingerprint density at radius 3 is 2.57 bits per heavy atom. The highest BCUT2D eigenvalue weighted by Gasteiger charge is 2.15. The molecule has 1 aromatic carbocycles. The molecule has 0 aliphatic carbocycles. The molecule has 0 saturated carbocycles. The number of rotatable bonds is 4. The summed E-state index contributed by atoms with van der Waals surface area (Å²) >= 11 is 3.52. The van der Waals surface area contributed by atoms with Gasteiger partial charge in [0.2, 0.25) is 0 Å². The van der Waals surface area contributed by atoms with Gasteiger partial charge in [-0.05, 0) is 47.5 Å². The molecular weight excluding hydrogens is 294 g/mol. The van der Waals surface area contributed by atoms with E-state index in [0.29, 0.717) is 0 Å². The predicted molar refractivity (Wildman–Crippen MR) is 95.1 cm³/mol. The van der Waals surface area contributed by atoms with Gasteiger partial charge < -0.3 is 5.73 Å². The van der Waals surface area contributed by atoms with E-state index in [-0.39, 0.29) is 5.92 Å². The Morgan fingerprint density at radius 1 is 1.05 bits per heavy atom. The molecule has 1 nitrogen and oxygen atoms in total. The number of benzene rings is 1. The minimum absolute atomic E-state index is 0.215. The molecule has 0 amide bonds. The molecule has 0 saturated heterocycles. The van der Waals surface area contributed by atoms with E-state index in [4.69, 9.17) is 5.73 Å². The van der Waals surface area contributed by atoms with Crippen LogP contribution in [-0.2, 0) is 0 Å². The van der Waals surface area contributed by atoms with Crippen LogP contribution in [0.4, 0.5) is 5.69 Å². The number of hydrogen-bond donors (Lipinski definition) is 1. The van der Waals surface area contributed by atoms with Gasteiger partial charge in [-0.15, -0.1) is 22.7 Å². The summed E-state index contributed by atoms with van der Waals surface area (Å²) in [5.41, 5.74) is 9.50. The van der Waals surface area contributed by atoms with E-state index < -0.39 is 0 Å². The van der Waals surface area contributed by atoms with Crippen molar-refractivity contribution in [2.24, 2.45) is 0 Å². The van der Waals surface area contributed by atoms with Crippen LogP contribution in [-0.4, -0.2) is 0 Å². The van der Waals surface area contributed by atoms with Crippen LogP contribution in [0.3, 0.4) is 0 Å². The highest BCUT2D eigenvalue weighted by Crippen LogP contribution is 2.34. The van der Waals surface area contributed by atoms with E-state index in [0.717, 1.165) is 5.69 Å². The van der Waals surface area contributed by atoms with E-state index in [1.54, 1.807) is 22.7 Å². The van der Waals surface area contributed by atoms with Crippen molar-refractivity contribution < 1.29 is 0 Å². The Hall–Kier alpha value is -1.84. The highest BCUT2D eigenvalue weighted by atomic mass is 32.1. The number of anilines is 1. The standard InChI is InChI=1S/C18H17NS2/c1-13-6-9-17(19)16(12-13)15(18-5-3-11-21-18)8-7-14-4-2-10-20-14/h2-12,15H,19H2,1H3/b8-7+. The second-order valence-electron chi connectivity index (χ2n) is 5.00. The number of aryl methyl sites for hydroxylation is 1. The lowest BCUT2D eigenvalue weighted by Crippen LogP contribution is -2.01. The molecule has 21 heavy (non-hydrogen) atoms. The Bertz CT molecular complexity index is 725. The lowest BCUT2D eigenvalue weighted by molar-refractivity contribution is 1.06. The second kappa shape index (κ2) is 6.29. The molecular formula is C18H17NS2. The number of hydrogen-bond acceptors (Lipinski definition) is 3. The van der Waals surface area contributed by atoms with Gasteiger partial charge in [0, 0.05) is 21.4 Å². The molecule has 0 aliphatic rings. The fourth-order valence-electron chi connectivity index (χ4n) is 2.36. The molecule has 2 N–H and O–H groups in total. The molecule has 2 aromatic heterocycles. The van der Waals surface area contributed by atoms with Crippen LogP contribution in [0.15, 0.2) is 59.3 Å². The normalized spacial score (nSPS) is 12.8. The summed E-state index contributed by atoms with van der Waals surface area (Å²) in [5.74, 6) is 0.215. The number of nitrogens with two attached hydrogens (primary N) is 1. The van der Waals surface area contributed by atoms with Gasteiger partial charge in [-0.2, -0.15) is 0 Å². The summed E-state index contributed by atoms with van der Waals surface area (Å²) in [5, 5.41) is 4.22. The first-order chi connectivity index (χ1) is 10.2. The average molecular weight is 311 g/mol. The molecule has 0 spiro atoms. The summed E-state index contributed by atoms with van der Waals surface area (Å²) in [6.07, 6.45) is 4.44. The zero-order chi connectivity index (χ0) is 14.7. The fraction of sp³-hybridized carbons (Fsp3) is 0.111. The van der Waals surface area contributed by atoms with Crippen LogP contribution in [0.2, 0.25) is 0 Å². The van der Waals surface area contributed by atoms with Crippen LogP contribution in [0.1, 0.15) is 26.8 Å². The van der Waals surface area contributed by atoms with E-state index in [2.05, 4.69) is 66.2 Å². The molecule has 3 rings (SSSR count). The van der Waals surface area contributed by atoms with Gasteiger partial charge in [0.15, 0.2) is 0 Å². The van der Waals surface area contributed by atoms with E-state index in [1.807, 2.05) is 6.07 Å². The van der Waals surface area contributed by atoms with Crippen LogP contribution in [0.25, 0.3) is 6.08 Å².